The van der Waals surface area contributed by atoms with E-state index >= 15 is 0 Å². The predicted octanol–water partition coefficient (Wildman–Crippen LogP) is 2.95. The molecule has 0 bridgehead atoms. The smallest absolute Gasteiger partial charge is 0.319 e. The maximum absolute atomic E-state index is 12.3. The molecule has 8 nitrogen and oxygen atoms in total. The fraction of sp³-hybridized carbons (Fsp3) is 0.400. The monoisotopic (exact) mass is 451 g/mol. The summed E-state index contributed by atoms with van der Waals surface area (Å²) in [7, 11) is 0. The molecule has 1 aliphatic heterocycles. The number of piperidine rings is 1. The van der Waals surface area contributed by atoms with E-state index in [1.54, 1.807) is 0 Å². The van der Waals surface area contributed by atoms with Crippen molar-refractivity contribution in [2.24, 2.45) is 0 Å². The van der Waals surface area contributed by atoms with Crippen LogP contribution in [-0.2, 0) is 9.59 Å². The summed E-state index contributed by atoms with van der Waals surface area (Å²) in [6.45, 7) is 7.51. The van der Waals surface area contributed by atoms with Gasteiger partial charge < -0.3 is 21.3 Å². The van der Waals surface area contributed by atoms with Gasteiger partial charge in [0.25, 0.3) is 0 Å². The van der Waals surface area contributed by atoms with Crippen LogP contribution in [0.25, 0.3) is 0 Å². The average molecular weight is 452 g/mol. The number of aryl methyl sites for hydroxylation is 3. The molecule has 0 saturated carbocycles. The third-order valence-electron chi connectivity index (χ3n) is 5.71. The normalized spacial score (nSPS) is 14.4. The minimum absolute atomic E-state index is 0.0662. The number of likely N-dealkylation sites (tertiary alicyclic amines) is 1. The Balaban J connectivity index is 1.34. The first kappa shape index (κ1) is 24.3. The molecule has 1 heterocycles. The number of nitrogens with one attached hydrogen (secondary N) is 4. The molecule has 3 rings (SSSR count). The molecule has 0 radical (unpaired) electrons. The number of amides is 4. The van der Waals surface area contributed by atoms with E-state index in [-0.39, 0.29) is 37.0 Å². The van der Waals surface area contributed by atoms with Gasteiger partial charge in [0, 0.05) is 30.5 Å². The zero-order valence-corrected chi connectivity index (χ0v) is 19.5. The van der Waals surface area contributed by atoms with E-state index in [4.69, 9.17) is 0 Å². The highest BCUT2D eigenvalue weighted by molar-refractivity contribution is 5.96. The summed E-state index contributed by atoms with van der Waals surface area (Å²) in [6.07, 6.45) is 1.53. The third kappa shape index (κ3) is 7.61. The van der Waals surface area contributed by atoms with Crippen LogP contribution in [0.5, 0.6) is 0 Å². The quantitative estimate of drug-likeness (QED) is 0.520. The van der Waals surface area contributed by atoms with E-state index in [1.807, 2.05) is 68.1 Å². The van der Waals surface area contributed by atoms with Crippen molar-refractivity contribution in [1.29, 1.82) is 0 Å². The molecule has 1 fully saturated rings. The van der Waals surface area contributed by atoms with Gasteiger partial charge in [0.05, 0.1) is 13.1 Å². The van der Waals surface area contributed by atoms with Gasteiger partial charge in [-0.1, -0.05) is 35.9 Å². The Morgan fingerprint density at radius 1 is 0.909 bits per heavy atom. The Bertz CT molecular complexity index is 962. The number of carbonyl (C=O) groups is 3. The molecule has 0 atom stereocenters. The number of benzene rings is 2. The zero-order chi connectivity index (χ0) is 23.8. The Morgan fingerprint density at radius 3 is 2.18 bits per heavy atom. The molecule has 176 valence electrons. The van der Waals surface area contributed by atoms with Crippen LogP contribution in [0, 0.1) is 20.8 Å². The zero-order valence-electron chi connectivity index (χ0n) is 19.5. The number of hydrogen-bond donors (Lipinski definition) is 4. The van der Waals surface area contributed by atoms with Crippen molar-refractivity contribution in [1.82, 2.24) is 15.5 Å². The van der Waals surface area contributed by atoms with Gasteiger partial charge in [-0.05, 0) is 56.9 Å². The van der Waals surface area contributed by atoms with Crippen molar-refractivity contribution in [2.45, 2.75) is 39.7 Å². The molecule has 0 aromatic heterocycles. The first-order chi connectivity index (χ1) is 15.8. The molecular formula is C25H33N5O3. The maximum Gasteiger partial charge on any atom is 0.319 e. The SMILES string of the molecule is Cc1cc(C)c(NC(=O)CNC(=O)CN2CCC(NC(=O)Nc3ccccc3)CC2)c(C)c1. The standard InChI is InChI=1S/C25H33N5O3/c1-17-13-18(2)24(19(3)14-17)29-22(31)15-26-23(32)16-30-11-9-21(10-12-30)28-25(33)27-20-7-5-4-6-8-20/h4-8,13-14,21H,9-12,15-16H2,1-3H3,(H,26,32)(H,29,31)(H2,27,28,33). The van der Waals surface area contributed by atoms with Crippen molar-refractivity contribution >= 4 is 29.2 Å². The van der Waals surface area contributed by atoms with Crippen molar-refractivity contribution in [3.63, 3.8) is 0 Å². The maximum atomic E-state index is 12.3. The molecule has 0 spiro atoms. The Labute approximate surface area is 195 Å². The molecule has 0 unspecified atom stereocenters. The molecule has 1 saturated heterocycles. The molecule has 2 aromatic carbocycles. The molecule has 0 aliphatic carbocycles. The summed E-state index contributed by atoms with van der Waals surface area (Å²) < 4.78 is 0. The van der Waals surface area contributed by atoms with Crippen LogP contribution in [0.3, 0.4) is 0 Å². The second kappa shape index (κ2) is 11.5. The van der Waals surface area contributed by atoms with Gasteiger partial charge in [-0.15, -0.1) is 0 Å². The van der Waals surface area contributed by atoms with Gasteiger partial charge >= 0.3 is 6.03 Å². The number of hydrogen-bond acceptors (Lipinski definition) is 4. The van der Waals surface area contributed by atoms with Crippen LogP contribution in [0.1, 0.15) is 29.5 Å². The van der Waals surface area contributed by atoms with Crippen LogP contribution < -0.4 is 21.3 Å². The molecule has 1 aliphatic rings. The van der Waals surface area contributed by atoms with Crippen molar-refractivity contribution in [2.75, 3.05) is 36.8 Å². The van der Waals surface area contributed by atoms with E-state index in [2.05, 4.69) is 21.3 Å². The van der Waals surface area contributed by atoms with Gasteiger partial charge in [0.1, 0.15) is 0 Å². The van der Waals surface area contributed by atoms with E-state index in [0.717, 1.165) is 40.9 Å². The molecule has 8 heteroatoms. The minimum atomic E-state index is -0.245. The average Bonchev–Trinajstić information content (AvgIpc) is 2.77. The van der Waals surface area contributed by atoms with Gasteiger partial charge in [-0.2, -0.15) is 0 Å². The largest absolute Gasteiger partial charge is 0.346 e. The van der Waals surface area contributed by atoms with E-state index in [0.29, 0.717) is 13.1 Å². The number of para-hydroxylation sites is 1. The summed E-state index contributed by atoms with van der Waals surface area (Å²) >= 11 is 0. The Hall–Kier alpha value is -3.39. The van der Waals surface area contributed by atoms with Crippen LogP contribution in [0.4, 0.5) is 16.2 Å². The van der Waals surface area contributed by atoms with E-state index in [1.165, 1.54) is 0 Å². The third-order valence-corrected chi connectivity index (χ3v) is 5.71. The Kier molecular flexibility index (Phi) is 8.43. The lowest BCUT2D eigenvalue weighted by Crippen LogP contribution is -2.48. The lowest BCUT2D eigenvalue weighted by atomic mass is 10.1. The lowest BCUT2D eigenvalue weighted by molar-refractivity contribution is -0.125. The topological polar surface area (TPSA) is 103 Å². The molecule has 2 aromatic rings. The van der Waals surface area contributed by atoms with Crippen LogP contribution in [0.15, 0.2) is 42.5 Å². The van der Waals surface area contributed by atoms with Crippen LogP contribution >= 0.6 is 0 Å². The van der Waals surface area contributed by atoms with E-state index < -0.39 is 0 Å². The lowest BCUT2D eigenvalue weighted by Gasteiger charge is -2.31. The molecule has 4 N–H and O–H groups in total. The molecule has 4 amide bonds. The summed E-state index contributed by atoms with van der Waals surface area (Å²) in [5, 5.41) is 11.4. The number of nitrogens with zero attached hydrogens (tertiary/aromatic N) is 1. The van der Waals surface area contributed by atoms with Crippen molar-refractivity contribution in [3.05, 3.63) is 59.2 Å². The second-order valence-electron chi connectivity index (χ2n) is 8.61. The fourth-order valence-corrected chi connectivity index (χ4v) is 4.11. The van der Waals surface area contributed by atoms with Crippen molar-refractivity contribution in [3.8, 4) is 0 Å². The van der Waals surface area contributed by atoms with Crippen LogP contribution in [-0.4, -0.2) is 55.0 Å². The van der Waals surface area contributed by atoms with Gasteiger partial charge in [0.15, 0.2) is 0 Å². The molecular weight excluding hydrogens is 418 g/mol. The Morgan fingerprint density at radius 2 is 1.55 bits per heavy atom. The number of carbonyl (C=O) groups excluding carboxylic acids is 3. The highest BCUT2D eigenvalue weighted by Gasteiger charge is 2.22. The van der Waals surface area contributed by atoms with Gasteiger partial charge in [-0.3, -0.25) is 14.5 Å². The number of anilines is 2. The van der Waals surface area contributed by atoms with E-state index in [9.17, 15) is 14.4 Å². The van der Waals surface area contributed by atoms with Crippen LogP contribution in [0.2, 0.25) is 0 Å². The summed E-state index contributed by atoms with van der Waals surface area (Å²) in [5.74, 6) is -0.429. The van der Waals surface area contributed by atoms with Crippen molar-refractivity contribution < 1.29 is 14.4 Å². The first-order valence-corrected chi connectivity index (χ1v) is 11.3. The fourth-order valence-electron chi connectivity index (χ4n) is 4.11. The summed E-state index contributed by atoms with van der Waals surface area (Å²) in [5.41, 5.74) is 4.70. The summed E-state index contributed by atoms with van der Waals surface area (Å²) in [4.78, 5) is 38.8. The minimum Gasteiger partial charge on any atom is -0.346 e. The second-order valence-corrected chi connectivity index (χ2v) is 8.61. The highest BCUT2D eigenvalue weighted by atomic mass is 16.2. The van der Waals surface area contributed by atoms with Gasteiger partial charge in [-0.25, -0.2) is 4.79 Å². The number of urea groups is 1. The summed E-state index contributed by atoms with van der Waals surface area (Å²) in [6, 6.07) is 13.2. The predicted molar refractivity (Wildman–Crippen MR) is 130 cm³/mol. The number of rotatable bonds is 7. The van der Waals surface area contributed by atoms with Gasteiger partial charge in [0.2, 0.25) is 11.8 Å². The first-order valence-electron chi connectivity index (χ1n) is 11.3. The molecule has 33 heavy (non-hydrogen) atoms. The highest BCUT2D eigenvalue weighted by Crippen LogP contribution is 2.21.